The second-order valence-electron chi connectivity index (χ2n) is 2.45. The first-order valence-corrected chi connectivity index (χ1v) is 4.75. The summed E-state index contributed by atoms with van der Waals surface area (Å²) in [5, 5.41) is 1.03. The van der Waals surface area contributed by atoms with Gasteiger partial charge in [0.25, 0.3) is 0 Å². The van der Waals surface area contributed by atoms with Gasteiger partial charge in [0, 0.05) is 0 Å². The molecule has 0 spiro atoms. The van der Waals surface area contributed by atoms with Gasteiger partial charge in [0.05, 0.1) is 21.8 Å². The molecule has 0 bridgehead atoms. The minimum Gasteiger partial charge on any atom is -0.173 e. The summed E-state index contributed by atoms with van der Waals surface area (Å²) in [5.74, 6) is 0. The van der Waals surface area contributed by atoms with E-state index in [0.29, 0.717) is 15.6 Å². The van der Waals surface area contributed by atoms with Gasteiger partial charge in [0.1, 0.15) is 11.0 Å². The van der Waals surface area contributed by atoms with Crippen molar-refractivity contribution in [2.75, 3.05) is 0 Å². The lowest BCUT2D eigenvalue weighted by atomic mass is 10.2. The maximum absolute atomic E-state index is 5.91. The van der Waals surface area contributed by atoms with Gasteiger partial charge in [-0.1, -0.05) is 23.2 Å². The van der Waals surface area contributed by atoms with E-state index < -0.39 is 0 Å². The highest BCUT2D eigenvalue weighted by atomic mass is 35.5. The monoisotopic (exact) mass is 218 g/mol. The number of benzene rings is 1. The second kappa shape index (κ2) is 2.83. The zero-order valence-electron chi connectivity index (χ0n) is 6.14. The van der Waals surface area contributed by atoms with Crippen LogP contribution in [0.5, 0.6) is 0 Å². The lowest BCUT2D eigenvalue weighted by molar-refractivity contribution is 1.48. The minimum absolute atomic E-state index is 0.492. The Morgan fingerprint density at radius 3 is 2.67 bits per heavy atom. The van der Waals surface area contributed by atoms with Gasteiger partial charge in [0.2, 0.25) is 0 Å². The van der Waals surface area contributed by atoms with Crippen LogP contribution in [0.2, 0.25) is 10.0 Å². The lowest BCUT2D eigenvalue weighted by Gasteiger charge is -1.97. The van der Waals surface area contributed by atoms with Crippen molar-refractivity contribution >= 4 is 46.0 Å². The molecule has 62 valence electrons. The van der Waals surface area contributed by atoms with Gasteiger partial charge in [0.15, 0.2) is 0 Å². The van der Waals surface area contributed by atoms with Crippen LogP contribution >= 0.6 is 34.9 Å². The van der Waals surface area contributed by atoms with Crippen molar-refractivity contribution in [2.45, 2.75) is 6.92 Å². The van der Waals surface area contributed by atoms with E-state index in [1.807, 2.05) is 6.92 Å². The SMILES string of the molecule is Cc1cc(Cl)c(Cl)c2nsnc12. The fourth-order valence-corrected chi connectivity index (χ4v) is 2.13. The molecule has 12 heavy (non-hydrogen) atoms. The molecule has 0 fully saturated rings. The quantitative estimate of drug-likeness (QED) is 0.679. The predicted molar refractivity (Wildman–Crippen MR) is 52.2 cm³/mol. The van der Waals surface area contributed by atoms with Crippen molar-refractivity contribution in [1.29, 1.82) is 0 Å². The topological polar surface area (TPSA) is 25.8 Å². The van der Waals surface area contributed by atoms with E-state index in [9.17, 15) is 0 Å². The maximum Gasteiger partial charge on any atom is 0.125 e. The summed E-state index contributed by atoms with van der Waals surface area (Å²) >= 11 is 12.9. The summed E-state index contributed by atoms with van der Waals surface area (Å²) in [6.45, 7) is 1.94. The summed E-state index contributed by atoms with van der Waals surface area (Å²) in [6, 6.07) is 1.80. The first-order valence-electron chi connectivity index (χ1n) is 3.27. The number of halogens is 2. The molecule has 0 saturated heterocycles. The molecule has 1 aromatic carbocycles. The van der Waals surface area contributed by atoms with Crippen LogP contribution in [-0.2, 0) is 0 Å². The molecule has 1 aromatic heterocycles. The molecule has 1 heterocycles. The van der Waals surface area contributed by atoms with E-state index in [1.165, 1.54) is 0 Å². The van der Waals surface area contributed by atoms with Crippen LogP contribution in [0.15, 0.2) is 6.07 Å². The molecule has 0 atom stereocenters. The highest BCUT2D eigenvalue weighted by molar-refractivity contribution is 7.00. The Bertz CT molecular complexity index is 438. The van der Waals surface area contributed by atoms with Crippen LogP contribution in [-0.4, -0.2) is 8.75 Å². The van der Waals surface area contributed by atoms with Crippen LogP contribution in [0.1, 0.15) is 5.56 Å². The molecule has 0 amide bonds. The van der Waals surface area contributed by atoms with Crippen LogP contribution < -0.4 is 0 Å². The molecule has 0 aliphatic heterocycles. The average Bonchev–Trinajstić information content (AvgIpc) is 2.48. The number of fused-ring (bicyclic) bond motifs is 1. The number of hydrogen-bond acceptors (Lipinski definition) is 3. The number of aryl methyl sites for hydroxylation is 1. The predicted octanol–water partition coefficient (Wildman–Crippen LogP) is 3.31. The number of rotatable bonds is 0. The van der Waals surface area contributed by atoms with Gasteiger partial charge in [-0.2, -0.15) is 8.75 Å². The number of hydrogen-bond donors (Lipinski definition) is 0. The highest BCUT2D eigenvalue weighted by Crippen LogP contribution is 2.31. The molecule has 2 nitrogen and oxygen atoms in total. The smallest absolute Gasteiger partial charge is 0.125 e. The Morgan fingerprint density at radius 2 is 1.92 bits per heavy atom. The van der Waals surface area contributed by atoms with Crippen molar-refractivity contribution in [3.05, 3.63) is 21.7 Å². The van der Waals surface area contributed by atoms with E-state index in [2.05, 4.69) is 8.75 Å². The summed E-state index contributed by atoms with van der Waals surface area (Å²) in [7, 11) is 0. The molecular weight excluding hydrogens is 215 g/mol. The van der Waals surface area contributed by atoms with Gasteiger partial charge < -0.3 is 0 Å². The molecule has 5 heteroatoms. The zero-order chi connectivity index (χ0) is 8.72. The standard InChI is InChI=1S/C7H4Cl2N2S/c1-3-2-4(8)5(9)7-6(3)10-12-11-7/h2H,1H3. The molecule has 2 aromatic rings. The van der Waals surface area contributed by atoms with Crippen LogP contribution in [0.4, 0.5) is 0 Å². The van der Waals surface area contributed by atoms with Crippen molar-refractivity contribution < 1.29 is 0 Å². The Labute approximate surface area is 83.4 Å². The molecule has 0 unspecified atom stereocenters. The van der Waals surface area contributed by atoms with E-state index in [0.717, 1.165) is 22.8 Å². The molecular formula is C7H4Cl2N2S. The van der Waals surface area contributed by atoms with E-state index in [4.69, 9.17) is 23.2 Å². The largest absolute Gasteiger partial charge is 0.173 e. The Balaban J connectivity index is 2.97. The van der Waals surface area contributed by atoms with Gasteiger partial charge in [-0.25, -0.2) is 0 Å². The first kappa shape index (κ1) is 8.23. The molecule has 0 aliphatic rings. The van der Waals surface area contributed by atoms with E-state index in [1.54, 1.807) is 6.07 Å². The fraction of sp³-hybridized carbons (Fsp3) is 0.143. The van der Waals surface area contributed by atoms with Crippen molar-refractivity contribution in [3.8, 4) is 0 Å². The van der Waals surface area contributed by atoms with Crippen LogP contribution in [0.3, 0.4) is 0 Å². The lowest BCUT2D eigenvalue weighted by Crippen LogP contribution is -1.79. The highest BCUT2D eigenvalue weighted by Gasteiger charge is 2.09. The van der Waals surface area contributed by atoms with Crippen molar-refractivity contribution in [2.24, 2.45) is 0 Å². The molecule has 0 radical (unpaired) electrons. The summed E-state index contributed by atoms with van der Waals surface area (Å²) in [4.78, 5) is 0. The van der Waals surface area contributed by atoms with Gasteiger partial charge in [-0.3, -0.25) is 0 Å². The van der Waals surface area contributed by atoms with Gasteiger partial charge >= 0.3 is 0 Å². The minimum atomic E-state index is 0.492. The number of nitrogens with zero attached hydrogens (tertiary/aromatic N) is 2. The molecule has 0 saturated carbocycles. The zero-order valence-corrected chi connectivity index (χ0v) is 8.46. The van der Waals surface area contributed by atoms with E-state index in [-0.39, 0.29) is 0 Å². The third kappa shape index (κ3) is 1.09. The average molecular weight is 219 g/mol. The molecule has 0 aliphatic carbocycles. The fourth-order valence-electron chi connectivity index (χ4n) is 1.03. The third-order valence-electron chi connectivity index (χ3n) is 1.62. The van der Waals surface area contributed by atoms with Crippen LogP contribution in [0.25, 0.3) is 11.0 Å². The van der Waals surface area contributed by atoms with E-state index >= 15 is 0 Å². The van der Waals surface area contributed by atoms with Crippen LogP contribution in [0, 0.1) is 6.92 Å². The second-order valence-corrected chi connectivity index (χ2v) is 3.76. The maximum atomic E-state index is 5.91. The molecule has 2 rings (SSSR count). The third-order valence-corrected chi connectivity index (χ3v) is 2.93. The Hall–Kier alpha value is -0.380. The first-order chi connectivity index (χ1) is 5.70. The van der Waals surface area contributed by atoms with Gasteiger partial charge in [-0.05, 0) is 18.6 Å². The summed E-state index contributed by atoms with van der Waals surface area (Å²) < 4.78 is 8.16. The Morgan fingerprint density at radius 1 is 1.25 bits per heavy atom. The number of aromatic nitrogens is 2. The van der Waals surface area contributed by atoms with Gasteiger partial charge in [-0.15, -0.1) is 0 Å². The van der Waals surface area contributed by atoms with Crippen molar-refractivity contribution in [1.82, 2.24) is 8.75 Å². The Kier molecular flexibility index (Phi) is 1.94. The summed E-state index contributed by atoms with van der Waals surface area (Å²) in [5.41, 5.74) is 2.55. The molecule has 0 N–H and O–H groups in total. The summed E-state index contributed by atoms with van der Waals surface area (Å²) in [6.07, 6.45) is 0. The normalized spacial score (nSPS) is 10.9. The van der Waals surface area contributed by atoms with Crippen molar-refractivity contribution in [3.63, 3.8) is 0 Å².